The third-order valence-corrected chi connectivity index (χ3v) is 7.56. The second kappa shape index (κ2) is 5.01. The number of aromatic hydroxyl groups is 1. The Morgan fingerprint density at radius 3 is 2.17 bits per heavy atom. The van der Waals surface area contributed by atoms with Crippen LogP contribution in [0, 0.1) is 23.7 Å². The summed E-state index contributed by atoms with van der Waals surface area (Å²) in [5.74, 6) is 1.18. The lowest BCUT2D eigenvalue weighted by atomic mass is 9.47. The van der Waals surface area contributed by atoms with Crippen LogP contribution < -0.4 is 0 Å². The predicted molar refractivity (Wildman–Crippen MR) is 88.8 cm³/mol. The van der Waals surface area contributed by atoms with Gasteiger partial charge in [0.2, 0.25) is 0 Å². The average Bonchev–Trinajstić information content (AvgIpc) is 2.54. The maximum Gasteiger partial charge on any atom is 0.262 e. The van der Waals surface area contributed by atoms with Crippen molar-refractivity contribution in [2.24, 2.45) is 23.7 Å². The van der Waals surface area contributed by atoms with E-state index < -0.39 is 11.4 Å². The van der Waals surface area contributed by atoms with E-state index in [2.05, 4.69) is 0 Å². The van der Waals surface area contributed by atoms with E-state index in [-0.39, 0.29) is 15.8 Å². The van der Waals surface area contributed by atoms with Gasteiger partial charge in [0, 0.05) is 12.7 Å². The molecule has 1 saturated heterocycles. The fourth-order valence-electron chi connectivity index (χ4n) is 6.13. The lowest BCUT2D eigenvalue weighted by molar-refractivity contribution is -0.645. The SMILES string of the molecule is COC1(c2ccc(Cl)c(O)c2Cl)OOC12C1CC3CC(C1)CC2C3. The van der Waals surface area contributed by atoms with Crippen LogP contribution in [-0.2, 0) is 20.3 Å². The number of phenols is 1. The molecule has 1 aromatic rings. The number of ether oxygens (including phenoxy) is 1. The maximum atomic E-state index is 10.2. The number of methoxy groups -OCH3 is 1. The van der Waals surface area contributed by atoms with Crippen LogP contribution in [0.5, 0.6) is 5.75 Å². The summed E-state index contributed by atoms with van der Waals surface area (Å²) in [5, 5.41) is 10.6. The molecular formula is C18H20Cl2O4. The molecule has 4 saturated carbocycles. The number of benzene rings is 1. The highest BCUT2D eigenvalue weighted by atomic mass is 35.5. The smallest absolute Gasteiger partial charge is 0.262 e. The van der Waals surface area contributed by atoms with Gasteiger partial charge in [-0.25, -0.2) is 4.89 Å². The van der Waals surface area contributed by atoms with Crippen LogP contribution in [0.3, 0.4) is 0 Å². The van der Waals surface area contributed by atoms with Gasteiger partial charge in [0.05, 0.1) is 10.0 Å². The Bertz CT molecular complexity index is 675. The lowest BCUT2D eigenvalue weighted by Gasteiger charge is -2.68. The first-order chi connectivity index (χ1) is 11.5. The minimum absolute atomic E-state index is 0.137. The molecule has 1 unspecified atom stereocenters. The van der Waals surface area contributed by atoms with Crippen LogP contribution in [0.15, 0.2) is 12.1 Å². The van der Waals surface area contributed by atoms with Crippen molar-refractivity contribution in [1.29, 1.82) is 0 Å². The second-order valence-corrected chi connectivity index (χ2v) is 8.63. The molecule has 5 aliphatic rings. The first-order valence-corrected chi connectivity index (χ1v) is 9.37. The average molecular weight is 371 g/mol. The van der Waals surface area contributed by atoms with E-state index in [1.807, 2.05) is 0 Å². The molecule has 24 heavy (non-hydrogen) atoms. The van der Waals surface area contributed by atoms with Crippen molar-refractivity contribution in [3.63, 3.8) is 0 Å². The van der Waals surface area contributed by atoms with Crippen molar-refractivity contribution in [2.45, 2.75) is 43.5 Å². The summed E-state index contributed by atoms with van der Waals surface area (Å²) in [6.45, 7) is 0. The molecular weight excluding hydrogens is 351 g/mol. The van der Waals surface area contributed by atoms with Gasteiger partial charge in [0.1, 0.15) is 0 Å². The molecule has 0 radical (unpaired) electrons. The molecule has 0 aromatic heterocycles. The maximum absolute atomic E-state index is 10.2. The van der Waals surface area contributed by atoms with Crippen molar-refractivity contribution in [2.75, 3.05) is 7.11 Å². The van der Waals surface area contributed by atoms with E-state index in [0.29, 0.717) is 17.4 Å². The van der Waals surface area contributed by atoms with Crippen molar-refractivity contribution >= 4 is 23.2 Å². The summed E-state index contributed by atoms with van der Waals surface area (Å²) < 4.78 is 5.93. The highest BCUT2D eigenvalue weighted by Gasteiger charge is 2.77. The van der Waals surface area contributed by atoms with Crippen LogP contribution in [-0.4, -0.2) is 17.8 Å². The molecule has 6 heteroatoms. The number of hydrogen-bond donors (Lipinski definition) is 1. The highest BCUT2D eigenvalue weighted by molar-refractivity contribution is 6.37. The summed E-state index contributed by atoms with van der Waals surface area (Å²) in [4.78, 5) is 11.5. The Kier molecular flexibility index (Phi) is 3.28. The predicted octanol–water partition coefficient (Wildman–Crippen LogP) is 4.65. The fourth-order valence-corrected chi connectivity index (χ4v) is 6.62. The Labute approximate surface area is 150 Å². The van der Waals surface area contributed by atoms with Crippen molar-refractivity contribution in [1.82, 2.24) is 0 Å². The van der Waals surface area contributed by atoms with E-state index in [1.165, 1.54) is 6.42 Å². The van der Waals surface area contributed by atoms with E-state index in [9.17, 15) is 5.11 Å². The van der Waals surface area contributed by atoms with Gasteiger partial charge in [-0.3, -0.25) is 0 Å². The lowest BCUT2D eigenvalue weighted by Crippen LogP contribution is -2.76. The molecule has 130 valence electrons. The third-order valence-electron chi connectivity index (χ3n) is 6.87. The van der Waals surface area contributed by atoms with Gasteiger partial charge in [0.25, 0.3) is 5.79 Å². The first-order valence-electron chi connectivity index (χ1n) is 8.61. The number of phenolic OH excluding ortho intramolecular Hbond substituents is 1. The van der Waals surface area contributed by atoms with Crippen molar-refractivity contribution < 1.29 is 19.6 Å². The summed E-state index contributed by atoms with van der Waals surface area (Å²) >= 11 is 12.4. The summed E-state index contributed by atoms with van der Waals surface area (Å²) in [7, 11) is 1.62. The highest BCUT2D eigenvalue weighted by Crippen LogP contribution is 2.70. The van der Waals surface area contributed by atoms with E-state index in [0.717, 1.165) is 37.5 Å². The quantitative estimate of drug-likeness (QED) is 0.769. The first kappa shape index (κ1) is 15.7. The number of rotatable bonds is 2. The molecule has 1 N–H and O–H groups in total. The third kappa shape index (κ3) is 1.67. The van der Waals surface area contributed by atoms with Crippen LogP contribution in [0.4, 0.5) is 0 Å². The standard InChI is InChI=1S/C18H20Cl2O4/c1-22-18(13-2-3-14(19)16(21)15(13)20)17(23-24-18)11-5-9-4-10(7-11)8-12(17)6-9/h2-3,9-12,21H,4-8H2,1H3. The van der Waals surface area contributed by atoms with E-state index in [4.69, 9.17) is 37.7 Å². The zero-order valence-corrected chi connectivity index (χ0v) is 14.9. The van der Waals surface area contributed by atoms with Crippen molar-refractivity contribution in [3.8, 4) is 5.75 Å². The second-order valence-electron chi connectivity index (χ2n) is 7.84. The fraction of sp³-hybridized carbons (Fsp3) is 0.667. The largest absolute Gasteiger partial charge is 0.505 e. The molecule has 0 amide bonds. The summed E-state index contributed by atoms with van der Waals surface area (Å²) in [6.07, 6.45) is 5.96. The van der Waals surface area contributed by atoms with E-state index >= 15 is 0 Å². The van der Waals surface area contributed by atoms with Gasteiger partial charge in [0.15, 0.2) is 11.4 Å². The van der Waals surface area contributed by atoms with Crippen molar-refractivity contribution in [3.05, 3.63) is 27.7 Å². The van der Waals surface area contributed by atoms with Gasteiger partial charge in [-0.1, -0.05) is 29.3 Å². The molecule has 5 fully saturated rings. The van der Waals surface area contributed by atoms with Gasteiger partial charge < -0.3 is 9.84 Å². The Balaban J connectivity index is 1.65. The zero-order chi connectivity index (χ0) is 16.7. The molecule has 1 aromatic carbocycles. The molecule has 1 aliphatic heterocycles. The molecule has 4 aliphatic carbocycles. The Morgan fingerprint density at radius 2 is 1.67 bits per heavy atom. The van der Waals surface area contributed by atoms with Crippen LogP contribution in [0.25, 0.3) is 0 Å². The zero-order valence-electron chi connectivity index (χ0n) is 13.4. The number of halogens is 2. The number of hydrogen-bond acceptors (Lipinski definition) is 4. The van der Waals surface area contributed by atoms with Gasteiger partial charge in [-0.05, 0) is 61.8 Å². The topological polar surface area (TPSA) is 47.9 Å². The molecule has 6 rings (SSSR count). The molecule has 1 heterocycles. The Morgan fingerprint density at radius 1 is 1.04 bits per heavy atom. The molecule has 4 nitrogen and oxygen atoms in total. The van der Waals surface area contributed by atoms with E-state index in [1.54, 1.807) is 19.2 Å². The Hall–Kier alpha value is -0.520. The van der Waals surface area contributed by atoms with Crippen LogP contribution in [0.2, 0.25) is 10.0 Å². The molecule has 1 spiro atoms. The van der Waals surface area contributed by atoms with Crippen LogP contribution >= 0.6 is 23.2 Å². The minimum atomic E-state index is -1.07. The molecule has 4 bridgehead atoms. The van der Waals surface area contributed by atoms with Crippen LogP contribution in [0.1, 0.15) is 37.7 Å². The van der Waals surface area contributed by atoms with Gasteiger partial charge in [-0.15, -0.1) is 0 Å². The summed E-state index contributed by atoms with van der Waals surface area (Å²) in [6, 6.07) is 3.41. The van der Waals surface area contributed by atoms with Gasteiger partial charge in [-0.2, -0.15) is 4.89 Å². The minimum Gasteiger partial charge on any atom is -0.505 e. The summed E-state index contributed by atoms with van der Waals surface area (Å²) in [5.41, 5.74) is 0.0892. The monoisotopic (exact) mass is 370 g/mol. The normalized spacial score (nSPS) is 45.6. The van der Waals surface area contributed by atoms with Gasteiger partial charge >= 0.3 is 0 Å². The molecule has 1 atom stereocenters.